The third-order valence-corrected chi connectivity index (χ3v) is 2.74. The molecule has 1 aliphatic rings. The van der Waals surface area contributed by atoms with Gasteiger partial charge in [-0.3, -0.25) is 9.59 Å². The number of nitrogens with zero attached hydrogens (tertiary/aromatic N) is 1. The minimum atomic E-state index is -4.87. The van der Waals surface area contributed by atoms with E-state index in [1.807, 2.05) is 5.32 Å². The van der Waals surface area contributed by atoms with Gasteiger partial charge in [0.2, 0.25) is 0 Å². The molecule has 1 amide bonds. The summed E-state index contributed by atoms with van der Waals surface area (Å²) in [4.78, 5) is 22.9. The average Bonchev–Trinajstić information content (AvgIpc) is 2.25. The molecule has 1 rings (SSSR count). The third-order valence-electron chi connectivity index (χ3n) is 2.74. The van der Waals surface area contributed by atoms with Crippen LogP contribution in [0.4, 0.5) is 13.2 Å². The Morgan fingerprint density at radius 1 is 1.39 bits per heavy atom. The van der Waals surface area contributed by atoms with Crippen LogP contribution in [-0.2, 0) is 9.59 Å². The lowest BCUT2D eigenvalue weighted by molar-refractivity contribution is -0.174. The van der Waals surface area contributed by atoms with Crippen molar-refractivity contribution in [2.75, 3.05) is 19.6 Å². The molecule has 0 aliphatic carbocycles. The van der Waals surface area contributed by atoms with Gasteiger partial charge in [0.25, 0.3) is 0 Å². The summed E-state index contributed by atoms with van der Waals surface area (Å²) >= 11 is 0. The van der Waals surface area contributed by atoms with Crippen molar-refractivity contribution in [2.45, 2.75) is 31.5 Å². The Morgan fingerprint density at radius 2 is 2.06 bits per heavy atom. The van der Waals surface area contributed by atoms with E-state index in [1.54, 1.807) is 4.90 Å². The second-order valence-corrected chi connectivity index (χ2v) is 4.25. The van der Waals surface area contributed by atoms with Gasteiger partial charge in [-0.05, 0) is 19.4 Å². The van der Waals surface area contributed by atoms with Crippen molar-refractivity contribution in [1.29, 1.82) is 0 Å². The Bertz CT molecular complexity index is 320. The fourth-order valence-corrected chi connectivity index (χ4v) is 1.90. The van der Waals surface area contributed by atoms with Crippen molar-refractivity contribution >= 4 is 11.9 Å². The number of carboxylic acids is 1. The topological polar surface area (TPSA) is 69.6 Å². The number of rotatable bonds is 4. The van der Waals surface area contributed by atoms with Gasteiger partial charge < -0.3 is 15.3 Å². The number of amides is 1. The molecule has 0 aromatic rings. The summed E-state index contributed by atoms with van der Waals surface area (Å²) in [7, 11) is 0. The van der Waals surface area contributed by atoms with Crippen LogP contribution in [0.1, 0.15) is 19.3 Å². The summed E-state index contributed by atoms with van der Waals surface area (Å²) in [6, 6.07) is -0.568. The van der Waals surface area contributed by atoms with Crippen LogP contribution >= 0.6 is 0 Å². The molecule has 0 aromatic heterocycles. The first-order chi connectivity index (χ1) is 8.29. The Balaban J connectivity index is 2.39. The van der Waals surface area contributed by atoms with Crippen molar-refractivity contribution in [1.82, 2.24) is 10.2 Å². The number of hydrogen-bond acceptors (Lipinski definition) is 3. The number of piperidine rings is 1. The minimum Gasteiger partial charge on any atom is -0.481 e. The fraction of sp³-hybridized carbons (Fsp3) is 0.800. The number of nitrogens with one attached hydrogen (secondary N) is 1. The quantitative estimate of drug-likeness (QED) is 0.783. The van der Waals surface area contributed by atoms with Crippen molar-refractivity contribution in [2.24, 2.45) is 0 Å². The highest BCUT2D eigenvalue weighted by Crippen LogP contribution is 2.17. The largest absolute Gasteiger partial charge is 0.481 e. The normalized spacial score (nSPS) is 21.6. The van der Waals surface area contributed by atoms with Crippen molar-refractivity contribution in [3.05, 3.63) is 0 Å². The molecule has 5 nitrogen and oxygen atoms in total. The molecule has 8 heteroatoms. The number of hydrogen-bond donors (Lipinski definition) is 2. The van der Waals surface area contributed by atoms with Gasteiger partial charge >= 0.3 is 18.1 Å². The Hall–Kier alpha value is -1.31. The van der Waals surface area contributed by atoms with Gasteiger partial charge in [0.05, 0.1) is 6.42 Å². The van der Waals surface area contributed by atoms with E-state index in [0.717, 1.165) is 0 Å². The predicted octanol–water partition coefficient (Wildman–Crippen LogP) is 0.604. The Labute approximate surface area is 102 Å². The highest BCUT2D eigenvalue weighted by Gasteiger charge is 2.40. The SMILES string of the molecule is O=C(O)CCN1CCCC(NC(=O)C(F)(F)F)C1. The summed E-state index contributed by atoms with van der Waals surface area (Å²) < 4.78 is 36.2. The lowest BCUT2D eigenvalue weighted by Crippen LogP contribution is -2.51. The zero-order valence-electron chi connectivity index (χ0n) is 9.66. The molecular formula is C10H15F3N2O3. The highest BCUT2D eigenvalue weighted by atomic mass is 19.4. The maximum atomic E-state index is 12.1. The van der Waals surface area contributed by atoms with Gasteiger partial charge in [-0.1, -0.05) is 0 Å². The molecule has 0 radical (unpaired) electrons. The lowest BCUT2D eigenvalue weighted by Gasteiger charge is -2.32. The standard InChI is InChI=1S/C10H15F3N2O3/c11-10(12,13)9(18)14-7-2-1-4-15(6-7)5-3-8(16)17/h7H,1-6H2,(H,14,18)(H,16,17). The molecule has 1 heterocycles. The van der Waals surface area contributed by atoms with E-state index in [4.69, 9.17) is 5.11 Å². The van der Waals surface area contributed by atoms with Crippen LogP contribution < -0.4 is 5.32 Å². The Kier molecular flexibility index (Phi) is 4.94. The first-order valence-corrected chi connectivity index (χ1v) is 5.61. The van der Waals surface area contributed by atoms with Gasteiger partial charge in [-0.2, -0.15) is 13.2 Å². The van der Waals surface area contributed by atoms with Crippen molar-refractivity contribution < 1.29 is 27.9 Å². The number of halogens is 3. The number of carbonyl (C=O) groups excluding carboxylic acids is 1. The zero-order valence-corrected chi connectivity index (χ0v) is 9.66. The van der Waals surface area contributed by atoms with Crippen LogP contribution in [0.5, 0.6) is 0 Å². The second-order valence-electron chi connectivity index (χ2n) is 4.25. The maximum Gasteiger partial charge on any atom is 0.471 e. The van der Waals surface area contributed by atoms with Crippen LogP contribution in [0, 0.1) is 0 Å². The van der Waals surface area contributed by atoms with Gasteiger partial charge in [0.15, 0.2) is 0 Å². The molecule has 1 unspecified atom stereocenters. The fourth-order valence-electron chi connectivity index (χ4n) is 1.90. The summed E-state index contributed by atoms with van der Waals surface area (Å²) in [5, 5.41) is 10.4. The first kappa shape index (κ1) is 14.7. The summed E-state index contributed by atoms with van der Waals surface area (Å²) in [6.45, 7) is 1.19. The van der Waals surface area contributed by atoms with E-state index in [9.17, 15) is 22.8 Å². The molecule has 1 fully saturated rings. The minimum absolute atomic E-state index is 0.0556. The number of carbonyl (C=O) groups is 2. The zero-order chi connectivity index (χ0) is 13.8. The van der Waals surface area contributed by atoms with E-state index in [0.29, 0.717) is 19.4 Å². The van der Waals surface area contributed by atoms with E-state index in [-0.39, 0.29) is 19.5 Å². The molecule has 0 spiro atoms. The van der Waals surface area contributed by atoms with E-state index >= 15 is 0 Å². The van der Waals surface area contributed by atoms with Gasteiger partial charge in [-0.25, -0.2) is 0 Å². The van der Waals surface area contributed by atoms with E-state index in [2.05, 4.69) is 0 Å². The van der Waals surface area contributed by atoms with Crippen LogP contribution in [0.25, 0.3) is 0 Å². The molecule has 104 valence electrons. The number of carboxylic acid groups (broad SMARTS) is 1. The maximum absolute atomic E-state index is 12.1. The summed E-state index contributed by atoms with van der Waals surface area (Å²) in [5.41, 5.74) is 0. The van der Waals surface area contributed by atoms with Gasteiger partial charge in [0, 0.05) is 19.1 Å². The molecule has 1 atom stereocenters. The average molecular weight is 268 g/mol. The molecule has 0 bridgehead atoms. The molecule has 1 saturated heterocycles. The van der Waals surface area contributed by atoms with Crippen LogP contribution in [0.3, 0.4) is 0 Å². The summed E-state index contributed by atoms with van der Waals surface area (Å²) in [6.07, 6.45) is -3.81. The second kappa shape index (κ2) is 6.03. The lowest BCUT2D eigenvalue weighted by atomic mass is 10.1. The smallest absolute Gasteiger partial charge is 0.471 e. The summed E-state index contributed by atoms with van der Waals surface area (Å²) in [5.74, 6) is -2.89. The third kappa shape index (κ3) is 4.91. The predicted molar refractivity (Wildman–Crippen MR) is 55.9 cm³/mol. The van der Waals surface area contributed by atoms with E-state index < -0.39 is 24.1 Å². The molecule has 18 heavy (non-hydrogen) atoms. The molecule has 1 aliphatic heterocycles. The monoisotopic (exact) mass is 268 g/mol. The van der Waals surface area contributed by atoms with Crippen molar-refractivity contribution in [3.63, 3.8) is 0 Å². The van der Waals surface area contributed by atoms with Crippen LogP contribution in [0.15, 0.2) is 0 Å². The molecule has 0 saturated carbocycles. The molecule has 2 N–H and O–H groups in total. The van der Waals surface area contributed by atoms with Crippen LogP contribution in [0.2, 0.25) is 0 Å². The number of likely N-dealkylation sites (tertiary alicyclic amines) is 1. The Morgan fingerprint density at radius 3 is 2.61 bits per heavy atom. The number of aliphatic carboxylic acids is 1. The highest BCUT2D eigenvalue weighted by molar-refractivity contribution is 5.81. The van der Waals surface area contributed by atoms with Crippen molar-refractivity contribution in [3.8, 4) is 0 Å². The van der Waals surface area contributed by atoms with Gasteiger partial charge in [0.1, 0.15) is 0 Å². The molecule has 0 aromatic carbocycles. The van der Waals surface area contributed by atoms with E-state index in [1.165, 1.54) is 0 Å². The molecular weight excluding hydrogens is 253 g/mol. The van der Waals surface area contributed by atoms with Gasteiger partial charge in [-0.15, -0.1) is 0 Å². The number of alkyl halides is 3. The van der Waals surface area contributed by atoms with Crippen LogP contribution in [-0.4, -0.2) is 53.7 Å². The first-order valence-electron chi connectivity index (χ1n) is 5.61.